The van der Waals surface area contributed by atoms with E-state index in [2.05, 4.69) is 10.3 Å². The molecule has 0 radical (unpaired) electrons. The molecule has 2 heterocycles. The van der Waals surface area contributed by atoms with Crippen LogP contribution in [0.25, 0.3) is 11.1 Å². The van der Waals surface area contributed by atoms with Crippen molar-refractivity contribution >= 4 is 17.0 Å². The molecule has 5 nitrogen and oxygen atoms in total. The van der Waals surface area contributed by atoms with Crippen molar-refractivity contribution in [3.63, 3.8) is 0 Å². The van der Waals surface area contributed by atoms with Gasteiger partial charge < -0.3 is 20.5 Å². The van der Waals surface area contributed by atoms with Crippen LogP contribution in [0.15, 0.2) is 47.1 Å². The Morgan fingerprint density at radius 2 is 2.10 bits per heavy atom. The Labute approximate surface area is 115 Å². The van der Waals surface area contributed by atoms with Crippen molar-refractivity contribution in [2.75, 3.05) is 0 Å². The fourth-order valence-corrected chi connectivity index (χ4v) is 2.11. The highest BCUT2D eigenvalue weighted by Gasteiger charge is 2.10. The smallest absolute Gasteiger partial charge is 0.268 e. The number of benzene rings is 1. The second kappa shape index (κ2) is 5.22. The Morgan fingerprint density at radius 3 is 2.90 bits per heavy atom. The summed E-state index contributed by atoms with van der Waals surface area (Å²) < 4.78 is 5.22. The number of nitrogens with two attached hydrogens (primary N) is 1. The topological polar surface area (TPSA) is 84.0 Å². The molecule has 3 rings (SSSR count). The first kappa shape index (κ1) is 12.5. The average molecular weight is 269 g/mol. The third kappa shape index (κ3) is 2.44. The van der Waals surface area contributed by atoms with E-state index in [9.17, 15) is 4.79 Å². The van der Waals surface area contributed by atoms with Gasteiger partial charge in [-0.3, -0.25) is 4.79 Å². The molecule has 0 saturated carbocycles. The van der Waals surface area contributed by atoms with Crippen LogP contribution in [0.3, 0.4) is 0 Å². The number of rotatable bonds is 4. The van der Waals surface area contributed by atoms with Crippen LogP contribution >= 0.6 is 0 Å². The van der Waals surface area contributed by atoms with E-state index in [1.807, 2.05) is 24.3 Å². The predicted octanol–water partition coefficient (Wildman–Crippen LogP) is 2.15. The van der Waals surface area contributed by atoms with Crippen molar-refractivity contribution in [1.82, 2.24) is 10.3 Å². The van der Waals surface area contributed by atoms with Gasteiger partial charge in [-0.1, -0.05) is 24.3 Å². The van der Waals surface area contributed by atoms with Gasteiger partial charge in [-0.25, -0.2) is 0 Å². The zero-order valence-corrected chi connectivity index (χ0v) is 10.8. The molecule has 0 fully saturated rings. The van der Waals surface area contributed by atoms with Gasteiger partial charge in [0.1, 0.15) is 5.69 Å². The number of hydrogen-bond donors (Lipinski definition) is 3. The van der Waals surface area contributed by atoms with Gasteiger partial charge in [0.05, 0.1) is 11.8 Å². The minimum Gasteiger partial charge on any atom is -0.463 e. The highest BCUT2D eigenvalue weighted by atomic mass is 16.3. The fraction of sp³-hybridized carbons (Fsp3) is 0.133. The first-order chi connectivity index (χ1) is 9.76. The lowest BCUT2D eigenvalue weighted by molar-refractivity contribution is 0.0946. The first-order valence-electron chi connectivity index (χ1n) is 6.38. The number of fused-ring (bicyclic) bond motifs is 1. The largest absolute Gasteiger partial charge is 0.463 e. The summed E-state index contributed by atoms with van der Waals surface area (Å²) in [7, 11) is 0. The molecule has 0 atom stereocenters. The summed E-state index contributed by atoms with van der Waals surface area (Å²) in [6, 6.07) is 11.3. The van der Waals surface area contributed by atoms with Crippen molar-refractivity contribution in [3.8, 4) is 0 Å². The quantitative estimate of drug-likeness (QED) is 0.678. The molecular formula is C15H15N3O2. The lowest BCUT2D eigenvalue weighted by atomic mass is 10.1. The SMILES string of the molecule is NCc1cccc(CNC(=O)c2cc3occc3[nH]2)c1. The molecule has 1 amide bonds. The van der Waals surface area contributed by atoms with E-state index in [0.29, 0.717) is 24.4 Å². The van der Waals surface area contributed by atoms with Gasteiger partial charge in [-0.05, 0) is 11.1 Å². The Kier molecular flexibility index (Phi) is 3.26. The van der Waals surface area contributed by atoms with E-state index >= 15 is 0 Å². The summed E-state index contributed by atoms with van der Waals surface area (Å²) in [6.07, 6.45) is 1.58. The molecule has 0 unspecified atom stereocenters. The maximum atomic E-state index is 12.0. The van der Waals surface area contributed by atoms with Gasteiger partial charge in [-0.2, -0.15) is 0 Å². The van der Waals surface area contributed by atoms with Crippen LogP contribution in [-0.4, -0.2) is 10.9 Å². The lowest BCUT2D eigenvalue weighted by Gasteiger charge is -2.05. The van der Waals surface area contributed by atoms with E-state index in [1.165, 1.54) is 0 Å². The summed E-state index contributed by atoms with van der Waals surface area (Å²) in [6.45, 7) is 0.960. The van der Waals surface area contributed by atoms with Crippen molar-refractivity contribution in [2.45, 2.75) is 13.1 Å². The predicted molar refractivity (Wildman–Crippen MR) is 76.1 cm³/mol. The molecule has 0 aliphatic carbocycles. The van der Waals surface area contributed by atoms with Crippen molar-refractivity contribution < 1.29 is 9.21 Å². The van der Waals surface area contributed by atoms with Crippen LogP contribution in [0, 0.1) is 0 Å². The molecule has 3 aromatic rings. The van der Waals surface area contributed by atoms with Crippen LogP contribution in [0.4, 0.5) is 0 Å². The van der Waals surface area contributed by atoms with Gasteiger partial charge in [0, 0.05) is 25.2 Å². The van der Waals surface area contributed by atoms with Gasteiger partial charge in [0.2, 0.25) is 0 Å². The van der Waals surface area contributed by atoms with E-state index in [0.717, 1.165) is 16.6 Å². The van der Waals surface area contributed by atoms with Crippen molar-refractivity contribution in [3.05, 3.63) is 59.5 Å². The summed E-state index contributed by atoms with van der Waals surface area (Å²) in [4.78, 5) is 15.0. The lowest BCUT2D eigenvalue weighted by Crippen LogP contribution is -2.23. The van der Waals surface area contributed by atoms with Crippen LogP contribution < -0.4 is 11.1 Å². The maximum Gasteiger partial charge on any atom is 0.268 e. The van der Waals surface area contributed by atoms with E-state index in [1.54, 1.807) is 18.4 Å². The zero-order valence-electron chi connectivity index (χ0n) is 10.8. The van der Waals surface area contributed by atoms with Crippen LogP contribution in [0.1, 0.15) is 21.6 Å². The summed E-state index contributed by atoms with van der Waals surface area (Å²) in [5.41, 5.74) is 9.66. The van der Waals surface area contributed by atoms with Crippen molar-refractivity contribution in [1.29, 1.82) is 0 Å². The summed E-state index contributed by atoms with van der Waals surface area (Å²) >= 11 is 0. The molecule has 0 spiro atoms. The molecule has 0 saturated heterocycles. The third-order valence-corrected chi connectivity index (χ3v) is 3.16. The molecule has 102 valence electrons. The molecule has 1 aromatic carbocycles. The number of carbonyl (C=O) groups excluding carboxylic acids is 1. The van der Waals surface area contributed by atoms with E-state index in [4.69, 9.17) is 10.2 Å². The number of furan rings is 1. The number of amides is 1. The first-order valence-corrected chi connectivity index (χ1v) is 6.38. The summed E-state index contributed by atoms with van der Waals surface area (Å²) in [5, 5.41) is 2.86. The Morgan fingerprint density at radius 1 is 1.25 bits per heavy atom. The highest BCUT2D eigenvalue weighted by Crippen LogP contribution is 2.16. The number of aromatic amines is 1. The number of carbonyl (C=O) groups is 1. The number of hydrogen-bond acceptors (Lipinski definition) is 3. The molecule has 0 bridgehead atoms. The minimum atomic E-state index is -0.158. The standard InChI is InChI=1S/C15H15N3O2/c16-8-10-2-1-3-11(6-10)9-17-15(19)13-7-14-12(18-13)4-5-20-14/h1-7,18H,8-9,16H2,(H,17,19). The Bertz CT molecular complexity index is 714. The van der Waals surface area contributed by atoms with Gasteiger partial charge >= 0.3 is 0 Å². The van der Waals surface area contributed by atoms with Crippen LogP contribution in [0.2, 0.25) is 0 Å². The van der Waals surface area contributed by atoms with E-state index < -0.39 is 0 Å². The third-order valence-electron chi connectivity index (χ3n) is 3.16. The second-order valence-electron chi connectivity index (χ2n) is 4.59. The molecule has 2 aromatic heterocycles. The highest BCUT2D eigenvalue weighted by molar-refractivity contribution is 5.96. The molecule has 0 aliphatic rings. The van der Waals surface area contributed by atoms with Crippen molar-refractivity contribution in [2.24, 2.45) is 5.73 Å². The van der Waals surface area contributed by atoms with Gasteiger partial charge in [0.25, 0.3) is 5.91 Å². The minimum absolute atomic E-state index is 0.158. The molecule has 5 heteroatoms. The van der Waals surface area contributed by atoms with Crippen LogP contribution in [-0.2, 0) is 13.1 Å². The second-order valence-corrected chi connectivity index (χ2v) is 4.59. The van der Waals surface area contributed by atoms with Gasteiger partial charge in [-0.15, -0.1) is 0 Å². The van der Waals surface area contributed by atoms with E-state index in [-0.39, 0.29) is 5.91 Å². The number of nitrogens with one attached hydrogen (secondary N) is 2. The molecule has 4 N–H and O–H groups in total. The number of aromatic nitrogens is 1. The molecule has 0 aliphatic heterocycles. The number of H-pyrrole nitrogens is 1. The zero-order chi connectivity index (χ0) is 13.9. The Balaban J connectivity index is 1.68. The van der Waals surface area contributed by atoms with Gasteiger partial charge in [0.15, 0.2) is 5.58 Å². The average Bonchev–Trinajstić information content (AvgIpc) is 3.06. The summed E-state index contributed by atoms with van der Waals surface area (Å²) in [5.74, 6) is -0.158. The monoisotopic (exact) mass is 269 g/mol. The normalized spacial score (nSPS) is 10.8. The van der Waals surface area contributed by atoms with Crippen LogP contribution in [0.5, 0.6) is 0 Å². The fourth-order valence-electron chi connectivity index (χ4n) is 2.11. The molecule has 20 heavy (non-hydrogen) atoms. The molecular weight excluding hydrogens is 254 g/mol. The Hall–Kier alpha value is -2.53. The maximum absolute atomic E-state index is 12.0.